The summed E-state index contributed by atoms with van der Waals surface area (Å²) in [6.45, 7) is 1.69. The van der Waals surface area contributed by atoms with Gasteiger partial charge in [0.05, 0.1) is 21.1 Å². The third-order valence-electron chi connectivity index (χ3n) is 1.46. The molecule has 0 aromatic rings. The molecule has 4 nitrogen and oxygen atoms in total. The fraction of sp³-hybridized carbons (Fsp3) is 0.875. The Morgan fingerprint density at radius 1 is 1.31 bits per heavy atom. The van der Waals surface area contributed by atoms with Gasteiger partial charge in [-0.1, -0.05) is 0 Å². The molecule has 13 heavy (non-hydrogen) atoms. The molecule has 5 heteroatoms. The van der Waals surface area contributed by atoms with Crippen LogP contribution in [0.1, 0.15) is 6.92 Å². The number of ketones is 1. The molecule has 0 heterocycles. The first kappa shape index (κ1) is 15.7. The van der Waals surface area contributed by atoms with Crippen LogP contribution >= 0.6 is 0 Å². The molecular weight excluding hydrogens is 285 g/mol. The smallest absolute Gasteiger partial charge is 0.195 e. The lowest BCUT2D eigenvalue weighted by molar-refractivity contribution is -0.872. The van der Waals surface area contributed by atoms with Gasteiger partial charge in [-0.05, 0) is 6.92 Å². The number of aliphatic hydroxyl groups excluding tert-OH is 2. The van der Waals surface area contributed by atoms with E-state index in [4.69, 9.17) is 5.11 Å². The number of hydrogen-bond acceptors (Lipinski definition) is 3. The van der Waals surface area contributed by atoms with Crippen LogP contribution in [0.5, 0.6) is 0 Å². The van der Waals surface area contributed by atoms with Crippen molar-refractivity contribution in [1.82, 2.24) is 0 Å². The highest BCUT2D eigenvalue weighted by Crippen LogP contribution is 1.98. The van der Waals surface area contributed by atoms with Gasteiger partial charge < -0.3 is 38.7 Å². The van der Waals surface area contributed by atoms with Gasteiger partial charge in [-0.15, -0.1) is 0 Å². The van der Waals surface area contributed by atoms with Crippen LogP contribution in [0.4, 0.5) is 0 Å². The molecule has 0 radical (unpaired) electrons. The Morgan fingerprint density at radius 2 is 1.69 bits per heavy atom. The normalized spacial score (nSPS) is 15.8. The zero-order chi connectivity index (χ0) is 9.94. The van der Waals surface area contributed by atoms with Crippen molar-refractivity contribution in [1.29, 1.82) is 0 Å². The van der Waals surface area contributed by atoms with E-state index < -0.39 is 18.0 Å². The maximum Gasteiger partial charge on any atom is 0.195 e. The highest BCUT2D eigenvalue weighted by molar-refractivity contribution is 5.86. The van der Waals surface area contributed by atoms with E-state index in [2.05, 4.69) is 0 Å². The number of carbonyl (C=O) groups excluding carboxylic acids is 1. The number of Topliss-reactive ketones (excluding diaryl/α,β-unsaturated/α-hetero) is 1. The van der Waals surface area contributed by atoms with Gasteiger partial charge in [-0.2, -0.15) is 0 Å². The summed E-state index contributed by atoms with van der Waals surface area (Å²) in [6.07, 6.45) is -2.14. The molecule has 0 aliphatic carbocycles. The average Bonchev–Trinajstić information content (AvgIpc) is 1.82. The second kappa shape index (κ2) is 5.90. The quantitative estimate of drug-likeness (QED) is 0.411. The fourth-order valence-electron chi connectivity index (χ4n) is 0.887. The monoisotopic (exact) mass is 303 g/mol. The molecule has 2 atom stereocenters. The first-order valence-electron chi connectivity index (χ1n) is 3.94. The molecule has 0 amide bonds. The lowest BCUT2D eigenvalue weighted by Crippen LogP contribution is -3.00. The maximum absolute atomic E-state index is 11.0. The minimum absolute atomic E-state index is 0. The lowest BCUT2D eigenvalue weighted by atomic mass is 10.1. The van der Waals surface area contributed by atoms with E-state index in [1.165, 1.54) is 6.92 Å². The van der Waals surface area contributed by atoms with Crippen LogP contribution in [0.3, 0.4) is 0 Å². The average molecular weight is 303 g/mol. The number of aliphatic hydroxyl groups is 2. The standard InChI is InChI=1S/C8H18NO3.HI/c1-6(10)8(12)7(11)5-9(2,3)4;/h6-7,10-11H,5H2,1-4H3;1H/q+1;/p-1. The predicted molar refractivity (Wildman–Crippen MR) is 45.6 cm³/mol. The van der Waals surface area contributed by atoms with Crippen molar-refractivity contribution < 1.29 is 43.5 Å². The third-order valence-corrected chi connectivity index (χ3v) is 1.46. The summed E-state index contributed by atoms with van der Waals surface area (Å²) in [4.78, 5) is 11.0. The van der Waals surface area contributed by atoms with Crippen molar-refractivity contribution in [2.75, 3.05) is 27.7 Å². The van der Waals surface area contributed by atoms with Crippen molar-refractivity contribution in [3.8, 4) is 0 Å². The molecule has 0 aliphatic heterocycles. The molecule has 0 rings (SSSR count). The Hall–Kier alpha value is 0.280. The van der Waals surface area contributed by atoms with Crippen LogP contribution in [0, 0.1) is 0 Å². The van der Waals surface area contributed by atoms with Crippen LogP contribution < -0.4 is 24.0 Å². The molecule has 0 aromatic carbocycles. The van der Waals surface area contributed by atoms with E-state index in [0.717, 1.165) is 0 Å². The van der Waals surface area contributed by atoms with Gasteiger partial charge in [-0.3, -0.25) is 4.79 Å². The van der Waals surface area contributed by atoms with Gasteiger partial charge >= 0.3 is 0 Å². The van der Waals surface area contributed by atoms with E-state index in [-0.39, 0.29) is 24.0 Å². The van der Waals surface area contributed by atoms with E-state index in [9.17, 15) is 9.90 Å². The van der Waals surface area contributed by atoms with Crippen LogP contribution in [0.2, 0.25) is 0 Å². The van der Waals surface area contributed by atoms with Gasteiger partial charge in [-0.25, -0.2) is 0 Å². The Morgan fingerprint density at radius 3 is 1.92 bits per heavy atom. The number of rotatable bonds is 4. The SMILES string of the molecule is CC(O)C(=O)C(O)C[N+](C)(C)C.[I-]. The Kier molecular flexibility index (Phi) is 7.14. The first-order valence-corrected chi connectivity index (χ1v) is 3.94. The summed E-state index contributed by atoms with van der Waals surface area (Å²) in [7, 11) is 5.62. The van der Waals surface area contributed by atoms with Crippen LogP contribution in [-0.4, -0.2) is 60.4 Å². The van der Waals surface area contributed by atoms with Gasteiger partial charge in [0, 0.05) is 0 Å². The van der Waals surface area contributed by atoms with Crippen molar-refractivity contribution in [2.24, 2.45) is 0 Å². The Labute approximate surface area is 96.2 Å². The molecule has 0 bridgehead atoms. The van der Waals surface area contributed by atoms with E-state index >= 15 is 0 Å². The Balaban J connectivity index is 0. The molecule has 2 unspecified atom stereocenters. The zero-order valence-corrected chi connectivity index (χ0v) is 10.6. The van der Waals surface area contributed by atoms with Gasteiger partial charge in [0.2, 0.25) is 0 Å². The number of hydrogen-bond donors (Lipinski definition) is 2. The molecule has 0 saturated heterocycles. The minimum atomic E-state index is -1.08. The maximum atomic E-state index is 11.0. The van der Waals surface area contributed by atoms with E-state index in [1.807, 2.05) is 21.1 Å². The van der Waals surface area contributed by atoms with Crippen LogP contribution in [-0.2, 0) is 4.79 Å². The van der Waals surface area contributed by atoms with Crippen molar-refractivity contribution in [2.45, 2.75) is 19.1 Å². The van der Waals surface area contributed by atoms with E-state index in [0.29, 0.717) is 11.0 Å². The van der Waals surface area contributed by atoms with Crippen LogP contribution in [0.25, 0.3) is 0 Å². The molecule has 2 N–H and O–H groups in total. The van der Waals surface area contributed by atoms with Gasteiger partial charge in [0.1, 0.15) is 12.6 Å². The molecule has 80 valence electrons. The number of nitrogens with zero attached hydrogens (tertiary/aromatic N) is 1. The molecular formula is C8H18INO3. The number of likely N-dealkylation sites (N-methyl/N-ethyl adjacent to an activating group) is 1. The van der Waals surface area contributed by atoms with Crippen molar-refractivity contribution >= 4 is 5.78 Å². The lowest BCUT2D eigenvalue weighted by Gasteiger charge is -2.26. The highest BCUT2D eigenvalue weighted by Gasteiger charge is 2.25. The van der Waals surface area contributed by atoms with E-state index in [1.54, 1.807) is 0 Å². The predicted octanol–water partition coefficient (Wildman–Crippen LogP) is -3.99. The summed E-state index contributed by atoms with van der Waals surface area (Å²) in [5, 5.41) is 18.2. The molecule has 0 aromatic heterocycles. The number of carbonyl (C=O) groups is 1. The third kappa shape index (κ3) is 7.36. The highest BCUT2D eigenvalue weighted by atomic mass is 127. The van der Waals surface area contributed by atoms with Crippen LogP contribution in [0.15, 0.2) is 0 Å². The minimum Gasteiger partial charge on any atom is -1.00 e. The summed E-state index contributed by atoms with van der Waals surface area (Å²) in [5.74, 6) is -0.511. The number of quaternary nitrogens is 1. The summed E-state index contributed by atoms with van der Waals surface area (Å²) in [5.41, 5.74) is 0. The summed E-state index contributed by atoms with van der Waals surface area (Å²) >= 11 is 0. The van der Waals surface area contributed by atoms with Gasteiger partial charge in [0.25, 0.3) is 0 Å². The zero-order valence-electron chi connectivity index (χ0n) is 8.49. The second-order valence-electron chi connectivity index (χ2n) is 4.07. The van der Waals surface area contributed by atoms with Crippen molar-refractivity contribution in [3.05, 3.63) is 0 Å². The largest absolute Gasteiger partial charge is 1.00 e. The Bertz CT molecular complexity index is 165. The topological polar surface area (TPSA) is 57.5 Å². The van der Waals surface area contributed by atoms with Crippen molar-refractivity contribution in [3.63, 3.8) is 0 Å². The van der Waals surface area contributed by atoms with Gasteiger partial charge in [0.15, 0.2) is 11.9 Å². The fourth-order valence-corrected chi connectivity index (χ4v) is 0.887. The second-order valence-corrected chi connectivity index (χ2v) is 4.07. The number of halogens is 1. The molecule has 0 saturated carbocycles. The first-order chi connectivity index (χ1) is 5.24. The molecule has 0 aliphatic rings. The summed E-state index contributed by atoms with van der Waals surface area (Å²) in [6, 6.07) is 0. The summed E-state index contributed by atoms with van der Waals surface area (Å²) < 4.78 is 0.500. The molecule has 0 fully saturated rings. The molecule has 0 spiro atoms.